The van der Waals surface area contributed by atoms with E-state index in [1.165, 1.54) is 6.20 Å². The molecular weight excluding hydrogens is 410 g/mol. The number of hydrogen-bond donors (Lipinski definition) is 0. The van der Waals surface area contributed by atoms with E-state index in [1.54, 1.807) is 11.6 Å². The molecule has 3 rings (SSSR count). The summed E-state index contributed by atoms with van der Waals surface area (Å²) >= 11 is 1.00. The van der Waals surface area contributed by atoms with Gasteiger partial charge in [0, 0.05) is 29.5 Å². The molecule has 0 saturated carbocycles. The second-order valence-electron chi connectivity index (χ2n) is 5.51. The van der Waals surface area contributed by atoms with Crippen molar-refractivity contribution in [2.24, 2.45) is 24.3 Å². The lowest BCUT2D eigenvalue weighted by atomic mass is 10.2. The number of benzene rings is 1. The molecule has 0 fully saturated rings. The maximum atomic E-state index is 10.8. The first-order chi connectivity index (χ1) is 13.0. The van der Waals surface area contributed by atoms with Crippen molar-refractivity contribution in [3.05, 3.63) is 46.3 Å². The number of aryl methyl sites for hydroxylation is 2. The molecule has 1 aromatic carbocycles. The Kier molecular flexibility index (Phi) is 6.56. The number of azo groups is 1. The Labute approximate surface area is 164 Å². The molecule has 0 N–H and O–H groups in total. The second kappa shape index (κ2) is 8.52. The molecule has 0 bridgehead atoms. The van der Waals surface area contributed by atoms with Crippen LogP contribution in [0.3, 0.4) is 0 Å². The smallest absolute Gasteiger partial charge is 0.414 e. The third kappa shape index (κ3) is 4.95. The van der Waals surface area contributed by atoms with Crippen molar-refractivity contribution in [3.63, 3.8) is 0 Å². The summed E-state index contributed by atoms with van der Waals surface area (Å²) in [5.41, 5.74) is 2.86. The topological polar surface area (TPSA) is 143 Å². The van der Waals surface area contributed by atoms with Gasteiger partial charge in [0.2, 0.25) is 10.4 Å². The van der Waals surface area contributed by atoms with Crippen molar-refractivity contribution in [3.8, 4) is 0 Å². The monoisotopic (exact) mass is 427 g/mol. The minimum Gasteiger partial charge on any atom is -0.726 e. The van der Waals surface area contributed by atoms with Crippen LogP contribution in [0, 0.1) is 17.0 Å². The molecule has 28 heavy (non-hydrogen) atoms. The maximum absolute atomic E-state index is 10.8. The quantitative estimate of drug-likeness (QED) is 0.156. The summed E-state index contributed by atoms with van der Waals surface area (Å²) in [6.45, 7) is 1.98. The standard InChI is InChI=1S/C14H14N5O2S.CH4O4S/c1-9-13(10-6-4-5-7-11(10)18(9)3)15-16-14-17(2)8-12(22-14)19(20)21;1-5-6(2,3)4/h4-8H,1-3H3;1H3,(H,2,3,4)/q+1;/p-1. The van der Waals surface area contributed by atoms with Crippen molar-refractivity contribution in [1.82, 2.24) is 4.57 Å². The molecule has 0 amide bonds. The number of rotatable bonds is 4. The van der Waals surface area contributed by atoms with E-state index < -0.39 is 15.3 Å². The van der Waals surface area contributed by atoms with Crippen molar-refractivity contribution < 1.29 is 26.6 Å². The SMILES string of the molecule is COS(=O)(=O)[O-].Cc1c(N=Nc2sc([N+](=O)[O-])c[n+]2C)c2ccccc2n1C. The fraction of sp³-hybridized carbons (Fsp3) is 0.267. The van der Waals surface area contributed by atoms with Crippen LogP contribution >= 0.6 is 11.3 Å². The Morgan fingerprint density at radius 2 is 1.89 bits per heavy atom. The lowest BCUT2D eigenvalue weighted by Gasteiger charge is -1.98. The lowest BCUT2D eigenvalue weighted by Crippen LogP contribution is -2.23. The number of hydrogen-bond acceptors (Lipinski definition) is 9. The van der Waals surface area contributed by atoms with Gasteiger partial charge in [0.15, 0.2) is 6.20 Å². The van der Waals surface area contributed by atoms with Crippen molar-refractivity contribution in [2.45, 2.75) is 6.92 Å². The third-order valence-corrected chi connectivity index (χ3v) is 5.21. The maximum Gasteiger partial charge on any atom is 0.414 e. The molecule has 150 valence electrons. The largest absolute Gasteiger partial charge is 0.726 e. The van der Waals surface area contributed by atoms with Crippen LogP contribution in [0.4, 0.5) is 15.8 Å². The highest BCUT2D eigenvalue weighted by Crippen LogP contribution is 2.34. The van der Waals surface area contributed by atoms with E-state index in [2.05, 4.69) is 19.0 Å². The second-order valence-corrected chi connectivity index (χ2v) is 7.64. The Hall–Kier alpha value is -2.74. The Bertz CT molecular complexity index is 1150. The third-order valence-electron chi connectivity index (χ3n) is 3.79. The van der Waals surface area contributed by atoms with E-state index in [0.717, 1.165) is 40.7 Å². The van der Waals surface area contributed by atoms with Gasteiger partial charge in [-0.25, -0.2) is 13.0 Å². The molecule has 0 atom stereocenters. The Balaban J connectivity index is 0.000000409. The molecule has 0 aliphatic rings. The van der Waals surface area contributed by atoms with Crippen LogP contribution in [0.15, 0.2) is 40.7 Å². The number of nitro groups is 1. The highest BCUT2D eigenvalue weighted by atomic mass is 32.3. The van der Waals surface area contributed by atoms with Gasteiger partial charge in [-0.15, -0.1) is 0 Å². The Morgan fingerprint density at radius 3 is 2.43 bits per heavy atom. The summed E-state index contributed by atoms with van der Waals surface area (Å²) in [4.78, 5) is 10.4. The highest BCUT2D eigenvalue weighted by Gasteiger charge is 2.22. The molecule has 0 aliphatic carbocycles. The summed E-state index contributed by atoms with van der Waals surface area (Å²) in [5, 5.41) is 20.9. The van der Waals surface area contributed by atoms with Crippen LogP contribution in [0.1, 0.15) is 5.69 Å². The first-order valence-electron chi connectivity index (χ1n) is 7.66. The molecule has 2 heterocycles. The van der Waals surface area contributed by atoms with Crippen LogP contribution in [0.2, 0.25) is 0 Å². The fourth-order valence-electron chi connectivity index (χ4n) is 2.31. The number of fused-ring (bicyclic) bond motifs is 1. The summed E-state index contributed by atoms with van der Waals surface area (Å²) < 4.78 is 34.7. The number of nitrogens with zero attached hydrogens (tertiary/aromatic N) is 5. The molecule has 3 aromatic rings. The van der Waals surface area contributed by atoms with Crippen LogP contribution in [0.5, 0.6) is 0 Å². The molecule has 11 nitrogen and oxygen atoms in total. The molecular formula is C15H17N5O6S2. The summed E-state index contributed by atoms with van der Waals surface area (Å²) in [7, 11) is 0.0908. The van der Waals surface area contributed by atoms with Gasteiger partial charge in [0.25, 0.3) is 0 Å². The predicted octanol–water partition coefficient (Wildman–Crippen LogP) is 2.79. The van der Waals surface area contributed by atoms with Gasteiger partial charge in [0.1, 0.15) is 5.69 Å². The van der Waals surface area contributed by atoms with Crippen LogP contribution in [0.25, 0.3) is 10.9 Å². The molecule has 2 aromatic heterocycles. The average Bonchev–Trinajstić information content (AvgIpc) is 3.12. The summed E-state index contributed by atoms with van der Waals surface area (Å²) in [6, 6.07) is 7.95. The number of aromatic nitrogens is 2. The normalized spacial score (nSPS) is 11.6. The van der Waals surface area contributed by atoms with Gasteiger partial charge in [-0.3, -0.25) is 14.3 Å². The molecule has 0 radical (unpaired) electrons. The van der Waals surface area contributed by atoms with E-state index in [-0.39, 0.29) is 5.00 Å². The van der Waals surface area contributed by atoms with Gasteiger partial charge in [-0.05, 0) is 18.1 Å². The number of thiazole rings is 1. The molecule has 0 saturated heterocycles. The van der Waals surface area contributed by atoms with Gasteiger partial charge in [0.05, 0.1) is 29.7 Å². The average molecular weight is 427 g/mol. The van der Waals surface area contributed by atoms with E-state index in [9.17, 15) is 23.1 Å². The zero-order valence-electron chi connectivity index (χ0n) is 15.4. The van der Waals surface area contributed by atoms with Gasteiger partial charge in [-0.2, -0.15) is 0 Å². The zero-order valence-corrected chi connectivity index (χ0v) is 17.0. The molecule has 0 unspecified atom stereocenters. The van der Waals surface area contributed by atoms with E-state index in [1.807, 2.05) is 38.2 Å². The van der Waals surface area contributed by atoms with Crippen LogP contribution in [-0.2, 0) is 28.7 Å². The van der Waals surface area contributed by atoms with Gasteiger partial charge < -0.3 is 9.12 Å². The molecule has 0 spiro atoms. The Morgan fingerprint density at radius 1 is 1.29 bits per heavy atom. The van der Waals surface area contributed by atoms with Crippen LogP contribution < -0.4 is 4.57 Å². The van der Waals surface area contributed by atoms with Gasteiger partial charge in [-0.1, -0.05) is 18.2 Å². The molecule has 0 aliphatic heterocycles. The number of para-hydroxylation sites is 1. The summed E-state index contributed by atoms with van der Waals surface area (Å²) in [5.74, 6) is 0. The lowest BCUT2D eigenvalue weighted by molar-refractivity contribution is -0.656. The zero-order chi connectivity index (χ0) is 21.1. The minimum absolute atomic E-state index is 0.0473. The van der Waals surface area contributed by atoms with Crippen LogP contribution in [-0.4, -0.2) is 29.6 Å². The van der Waals surface area contributed by atoms with Crippen molar-refractivity contribution >= 4 is 48.5 Å². The van der Waals surface area contributed by atoms with Crippen molar-refractivity contribution in [2.75, 3.05) is 7.11 Å². The highest BCUT2D eigenvalue weighted by molar-refractivity contribution is 7.80. The van der Waals surface area contributed by atoms with E-state index in [0.29, 0.717) is 5.13 Å². The molecule has 13 heteroatoms. The van der Waals surface area contributed by atoms with Crippen molar-refractivity contribution in [1.29, 1.82) is 0 Å². The first kappa shape index (κ1) is 21.6. The van der Waals surface area contributed by atoms with Gasteiger partial charge >= 0.3 is 10.1 Å². The minimum atomic E-state index is -4.41. The van der Waals surface area contributed by atoms with E-state index >= 15 is 0 Å². The fourth-order valence-corrected chi connectivity index (χ4v) is 3.06. The van der Waals surface area contributed by atoms with E-state index in [4.69, 9.17) is 0 Å². The first-order valence-corrected chi connectivity index (χ1v) is 9.81. The summed E-state index contributed by atoms with van der Waals surface area (Å²) in [6.07, 6.45) is 1.44. The predicted molar refractivity (Wildman–Crippen MR) is 101 cm³/mol.